The average molecular weight is 222 g/mol. The van der Waals surface area contributed by atoms with Crippen LogP contribution in [0.3, 0.4) is 0 Å². The van der Waals surface area contributed by atoms with E-state index in [-0.39, 0.29) is 0 Å². The number of hydrogen-bond acceptors (Lipinski definition) is 3. The molecule has 1 aliphatic carbocycles. The fourth-order valence-electron chi connectivity index (χ4n) is 2.30. The van der Waals surface area contributed by atoms with E-state index in [2.05, 4.69) is 35.9 Å². The molecule has 2 nitrogen and oxygen atoms in total. The number of nitrogens with two attached hydrogens (primary N) is 1. The summed E-state index contributed by atoms with van der Waals surface area (Å²) in [4.78, 5) is 0. The molecule has 0 bridgehead atoms. The molecule has 0 aromatic heterocycles. The van der Waals surface area contributed by atoms with Gasteiger partial charge < -0.3 is 0 Å². The maximum atomic E-state index is 5.54. The Morgan fingerprint density at radius 2 is 2.33 bits per heavy atom. The Labute approximate surface area is 95.6 Å². The Morgan fingerprint density at radius 1 is 1.53 bits per heavy atom. The van der Waals surface area contributed by atoms with Gasteiger partial charge >= 0.3 is 0 Å². The molecule has 2 atom stereocenters. The van der Waals surface area contributed by atoms with Gasteiger partial charge in [-0.1, -0.05) is 24.3 Å². The van der Waals surface area contributed by atoms with Crippen LogP contribution in [0.15, 0.2) is 24.3 Å². The molecule has 0 amide bonds. The van der Waals surface area contributed by atoms with Gasteiger partial charge in [0.15, 0.2) is 0 Å². The summed E-state index contributed by atoms with van der Waals surface area (Å²) in [5.41, 5.74) is 5.95. The van der Waals surface area contributed by atoms with Crippen molar-refractivity contribution in [2.45, 2.75) is 24.8 Å². The highest BCUT2D eigenvalue weighted by molar-refractivity contribution is 7.98. The van der Waals surface area contributed by atoms with E-state index >= 15 is 0 Å². The molecule has 0 saturated heterocycles. The second kappa shape index (κ2) is 5.01. The molecule has 0 fully saturated rings. The van der Waals surface area contributed by atoms with Crippen molar-refractivity contribution in [2.75, 3.05) is 12.0 Å². The molecule has 0 saturated carbocycles. The lowest BCUT2D eigenvalue weighted by molar-refractivity contribution is 0.452. The Balaban J connectivity index is 1.93. The van der Waals surface area contributed by atoms with Gasteiger partial charge in [0, 0.05) is 11.8 Å². The molecule has 2 unspecified atom stereocenters. The van der Waals surface area contributed by atoms with Crippen LogP contribution >= 0.6 is 11.8 Å². The van der Waals surface area contributed by atoms with Gasteiger partial charge in [-0.3, -0.25) is 11.3 Å². The zero-order valence-corrected chi connectivity index (χ0v) is 9.89. The third-order valence-electron chi connectivity index (χ3n) is 3.13. The summed E-state index contributed by atoms with van der Waals surface area (Å²) in [6.45, 7) is 0. The predicted molar refractivity (Wildman–Crippen MR) is 67.0 cm³/mol. The number of hydrogen-bond donors (Lipinski definition) is 2. The predicted octanol–water partition coefficient (Wildman–Crippen LogP) is 1.91. The Bertz CT molecular complexity index is 327. The van der Waals surface area contributed by atoms with Crippen molar-refractivity contribution in [1.82, 2.24) is 5.43 Å². The van der Waals surface area contributed by atoms with Gasteiger partial charge in [-0.05, 0) is 36.1 Å². The molecule has 2 rings (SSSR count). The van der Waals surface area contributed by atoms with Crippen LogP contribution in [-0.2, 0) is 6.42 Å². The van der Waals surface area contributed by atoms with Gasteiger partial charge in [-0.2, -0.15) is 11.8 Å². The van der Waals surface area contributed by atoms with Crippen LogP contribution in [0.1, 0.15) is 23.5 Å². The molecular formula is C12H18N2S. The first kappa shape index (κ1) is 11.0. The van der Waals surface area contributed by atoms with E-state index < -0.39 is 0 Å². The SMILES string of the molecule is CSCC(CC1Cc2ccccc21)NN. The summed E-state index contributed by atoms with van der Waals surface area (Å²) in [5, 5.41) is 0. The Hall–Kier alpha value is -0.510. The van der Waals surface area contributed by atoms with Gasteiger partial charge in [-0.15, -0.1) is 0 Å². The van der Waals surface area contributed by atoms with E-state index in [0.717, 1.165) is 18.1 Å². The van der Waals surface area contributed by atoms with Crippen LogP contribution in [-0.4, -0.2) is 18.1 Å². The average Bonchev–Trinajstić information content (AvgIpc) is 2.24. The van der Waals surface area contributed by atoms with Crippen LogP contribution in [0.4, 0.5) is 0 Å². The lowest BCUT2D eigenvalue weighted by atomic mass is 9.75. The van der Waals surface area contributed by atoms with E-state index in [9.17, 15) is 0 Å². The molecule has 0 spiro atoms. The number of thioether (sulfide) groups is 1. The quantitative estimate of drug-likeness (QED) is 0.590. The highest BCUT2D eigenvalue weighted by Crippen LogP contribution is 2.38. The highest BCUT2D eigenvalue weighted by atomic mass is 32.2. The molecule has 0 heterocycles. The first-order valence-corrected chi connectivity index (χ1v) is 6.77. The summed E-state index contributed by atoms with van der Waals surface area (Å²) >= 11 is 1.85. The number of hydrazine groups is 1. The van der Waals surface area contributed by atoms with E-state index in [1.807, 2.05) is 11.8 Å². The van der Waals surface area contributed by atoms with Crippen molar-refractivity contribution >= 4 is 11.8 Å². The number of fused-ring (bicyclic) bond motifs is 1. The summed E-state index contributed by atoms with van der Waals surface area (Å²) in [6.07, 6.45) is 4.51. The third-order valence-corrected chi connectivity index (χ3v) is 3.87. The first-order chi connectivity index (χ1) is 7.35. The minimum atomic E-state index is 0.443. The van der Waals surface area contributed by atoms with Gasteiger partial charge in [0.2, 0.25) is 0 Å². The lowest BCUT2D eigenvalue weighted by Gasteiger charge is -2.32. The summed E-state index contributed by atoms with van der Waals surface area (Å²) in [7, 11) is 0. The molecule has 0 radical (unpaired) electrons. The number of nitrogens with one attached hydrogen (secondary N) is 1. The maximum absolute atomic E-state index is 5.54. The van der Waals surface area contributed by atoms with E-state index in [4.69, 9.17) is 5.84 Å². The zero-order chi connectivity index (χ0) is 10.7. The summed E-state index contributed by atoms with van der Waals surface area (Å²) in [6, 6.07) is 9.17. The smallest absolute Gasteiger partial charge is 0.0306 e. The number of rotatable bonds is 5. The van der Waals surface area contributed by atoms with Crippen LogP contribution in [0.5, 0.6) is 0 Å². The van der Waals surface area contributed by atoms with Crippen LogP contribution in [0, 0.1) is 0 Å². The second-order valence-corrected chi connectivity index (χ2v) is 5.07. The summed E-state index contributed by atoms with van der Waals surface area (Å²) in [5.74, 6) is 7.35. The van der Waals surface area contributed by atoms with Crippen molar-refractivity contribution in [3.8, 4) is 0 Å². The molecule has 0 aliphatic heterocycles. The molecule has 3 heteroatoms. The second-order valence-electron chi connectivity index (χ2n) is 4.15. The monoisotopic (exact) mass is 222 g/mol. The van der Waals surface area contributed by atoms with Crippen molar-refractivity contribution in [3.05, 3.63) is 35.4 Å². The van der Waals surface area contributed by atoms with Gasteiger partial charge in [-0.25, -0.2) is 0 Å². The van der Waals surface area contributed by atoms with Crippen LogP contribution in [0.25, 0.3) is 0 Å². The van der Waals surface area contributed by atoms with Gasteiger partial charge in [0.05, 0.1) is 0 Å². The Kier molecular flexibility index (Phi) is 3.67. The largest absolute Gasteiger partial charge is 0.271 e. The maximum Gasteiger partial charge on any atom is 0.0306 e. The summed E-state index contributed by atoms with van der Waals surface area (Å²) < 4.78 is 0. The normalized spacial score (nSPS) is 20.5. The molecule has 3 N–H and O–H groups in total. The third kappa shape index (κ3) is 2.36. The zero-order valence-electron chi connectivity index (χ0n) is 9.07. The lowest BCUT2D eigenvalue weighted by Crippen LogP contribution is -2.39. The van der Waals surface area contributed by atoms with Gasteiger partial charge in [0.1, 0.15) is 0 Å². The van der Waals surface area contributed by atoms with Crippen molar-refractivity contribution < 1.29 is 0 Å². The van der Waals surface area contributed by atoms with Gasteiger partial charge in [0.25, 0.3) is 0 Å². The van der Waals surface area contributed by atoms with E-state index in [1.54, 1.807) is 0 Å². The minimum absolute atomic E-state index is 0.443. The molecule has 82 valence electrons. The molecule has 1 aliphatic rings. The van der Waals surface area contributed by atoms with Crippen molar-refractivity contribution in [1.29, 1.82) is 0 Å². The Morgan fingerprint density at radius 3 is 3.00 bits per heavy atom. The molecule has 15 heavy (non-hydrogen) atoms. The highest BCUT2D eigenvalue weighted by Gasteiger charge is 2.27. The fourth-order valence-corrected chi connectivity index (χ4v) is 2.94. The minimum Gasteiger partial charge on any atom is -0.271 e. The molecule has 1 aromatic rings. The topological polar surface area (TPSA) is 38.0 Å². The van der Waals surface area contributed by atoms with Crippen molar-refractivity contribution in [2.24, 2.45) is 5.84 Å². The van der Waals surface area contributed by atoms with Crippen molar-refractivity contribution in [3.63, 3.8) is 0 Å². The van der Waals surface area contributed by atoms with E-state index in [1.165, 1.54) is 17.5 Å². The molecular weight excluding hydrogens is 204 g/mol. The van der Waals surface area contributed by atoms with E-state index in [0.29, 0.717) is 6.04 Å². The standard InChI is InChI=1S/C12H18N2S/c1-15-8-11(14-13)7-10-6-9-4-2-3-5-12(9)10/h2-5,10-11,14H,6-8,13H2,1H3. The molecule has 1 aromatic carbocycles. The van der Waals surface area contributed by atoms with Crippen LogP contribution < -0.4 is 11.3 Å². The number of benzene rings is 1. The first-order valence-electron chi connectivity index (χ1n) is 5.38. The van der Waals surface area contributed by atoms with Crippen LogP contribution in [0.2, 0.25) is 0 Å². The fraction of sp³-hybridized carbons (Fsp3) is 0.500.